The van der Waals surface area contributed by atoms with Crippen LogP contribution in [0, 0.1) is 11.6 Å². The van der Waals surface area contributed by atoms with E-state index in [2.05, 4.69) is 4.98 Å². The highest BCUT2D eigenvalue weighted by atomic mass is 19.1. The summed E-state index contributed by atoms with van der Waals surface area (Å²) < 4.78 is 28.2. The third kappa shape index (κ3) is 4.25. The molecule has 1 N–H and O–H groups in total. The minimum atomic E-state index is -0.956. The highest BCUT2D eigenvalue weighted by Gasteiger charge is 2.10. The van der Waals surface area contributed by atoms with Crippen LogP contribution >= 0.6 is 0 Å². The maximum Gasteiger partial charge on any atom is 0.303 e. The van der Waals surface area contributed by atoms with Gasteiger partial charge in [0, 0.05) is 24.6 Å². The largest absolute Gasteiger partial charge is 0.481 e. The van der Waals surface area contributed by atoms with Crippen molar-refractivity contribution >= 4 is 29.0 Å². The Balaban J connectivity index is 2.04. The van der Waals surface area contributed by atoms with Crippen molar-refractivity contribution < 1.29 is 18.7 Å². The minimum Gasteiger partial charge on any atom is -0.481 e. The molecule has 3 aromatic rings. The lowest BCUT2D eigenvalue weighted by Crippen LogP contribution is -2.24. The number of rotatable bonds is 6. The molecule has 0 unspecified atom stereocenters. The summed E-state index contributed by atoms with van der Waals surface area (Å²) in [6.45, 7) is 0.161. The Bertz CT molecular complexity index is 1090. The van der Waals surface area contributed by atoms with Gasteiger partial charge in [0.25, 0.3) is 5.56 Å². The van der Waals surface area contributed by atoms with Crippen molar-refractivity contribution in [3.8, 4) is 0 Å². The first-order valence-corrected chi connectivity index (χ1v) is 8.30. The maximum absolute atomic E-state index is 13.8. The van der Waals surface area contributed by atoms with Crippen LogP contribution in [0.1, 0.15) is 24.2 Å². The monoisotopic (exact) mass is 370 g/mol. The first kappa shape index (κ1) is 18.4. The third-order valence-corrected chi connectivity index (χ3v) is 4.04. The predicted molar refractivity (Wildman–Crippen MR) is 98.2 cm³/mol. The van der Waals surface area contributed by atoms with Gasteiger partial charge in [0.1, 0.15) is 17.5 Å². The second kappa shape index (κ2) is 7.90. The average Bonchev–Trinajstić information content (AvgIpc) is 2.63. The number of carboxylic acids is 1. The van der Waals surface area contributed by atoms with E-state index in [-0.39, 0.29) is 36.3 Å². The smallest absolute Gasteiger partial charge is 0.303 e. The first-order chi connectivity index (χ1) is 13.0. The summed E-state index contributed by atoms with van der Waals surface area (Å²) in [5, 5.41) is 9.23. The van der Waals surface area contributed by atoms with Gasteiger partial charge in [-0.25, -0.2) is 13.8 Å². The van der Waals surface area contributed by atoms with Gasteiger partial charge in [-0.15, -0.1) is 0 Å². The van der Waals surface area contributed by atoms with E-state index in [4.69, 9.17) is 5.11 Å². The van der Waals surface area contributed by atoms with Crippen LogP contribution in [0.15, 0.2) is 47.3 Å². The molecule has 138 valence electrons. The van der Waals surface area contributed by atoms with Crippen molar-refractivity contribution in [3.63, 3.8) is 0 Å². The summed E-state index contributed by atoms with van der Waals surface area (Å²) in [6, 6.07) is 9.99. The second-order valence-electron chi connectivity index (χ2n) is 5.94. The van der Waals surface area contributed by atoms with Gasteiger partial charge in [0.15, 0.2) is 0 Å². The maximum atomic E-state index is 13.8. The number of aliphatic carboxylic acids is 1. The molecule has 0 aliphatic heterocycles. The Hall–Kier alpha value is -3.35. The number of para-hydroxylation sites is 1. The number of hydrogen-bond acceptors (Lipinski definition) is 3. The van der Waals surface area contributed by atoms with Gasteiger partial charge >= 0.3 is 5.97 Å². The van der Waals surface area contributed by atoms with E-state index < -0.39 is 17.6 Å². The van der Waals surface area contributed by atoms with Crippen LogP contribution in [0.3, 0.4) is 0 Å². The van der Waals surface area contributed by atoms with Crippen molar-refractivity contribution in [1.29, 1.82) is 0 Å². The number of hydrogen-bond donors (Lipinski definition) is 1. The zero-order valence-electron chi connectivity index (χ0n) is 14.2. The molecule has 1 heterocycles. The summed E-state index contributed by atoms with van der Waals surface area (Å²) in [5.41, 5.74) is 0.331. The highest BCUT2D eigenvalue weighted by Crippen LogP contribution is 2.15. The van der Waals surface area contributed by atoms with Crippen LogP contribution in [0.4, 0.5) is 8.78 Å². The average molecular weight is 370 g/mol. The zero-order chi connectivity index (χ0) is 19.4. The predicted octanol–water partition coefficient (Wildman–Crippen LogP) is 3.71. The van der Waals surface area contributed by atoms with Crippen molar-refractivity contribution in [1.82, 2.24) is 9.55 Å². The number of halogens is 2. The molecule has 0 saturated heterocycles. The SMILES string of the molecule is O=C(O)CCCn1c(/C=C\c2ccc(F)cc2F)nc2ccccc2c1=O. The molecule has 0 aliphatic carbocycles. The van der Waals surface area contributed by atoms with E-state index in [0.717, 1.165) is 12.1 Å². The number of aromatic nitrogens is 2. The Labute approximate surface area is 153 Å². The molecule has 3 rings (SSSR count). The molecule has 5 nitrogen and oxygen atoms in total. The standard InChI is InChI=1S/C20H16F2N2O3/c21-14-9-7-13(16(22)12-14)8-10-18-23-17-5-2-1-4-15(17)20(27)24(18)11-3-6-19(25)26/h1-2,4-5,7-10,12H,3,6,11H2,(H,25,26)/b10-8-. The van der Waals surface area contributed by atoms with Gasteiger partial charge < -0.3 is 5.11 Å². The molecular weight excluding hydrogens is 354 g/mol. The topological polar surface area (TPSA) is 72.2 Å². The molecule has 0 fully saturated rings. The van der Waals surface area contributed by atoms with Gasteiger partial charge in [-0.3, -0.25) is 14.2 Å². The van der Waals surface area contributed by atoms with E-state index >= 15 is 0 Å². The molecule has 0 atom stereocenters. The molecule has 0 amide bonds. The number of nitrogens with zero attached hydrogens (tertiary/aromatic N) is 2. The van der Waals surface area contributed by atoms with Crippen LogP contribution in [-0.4, -0.2) is 20.6 Å². The summed E-state index contributed by atoms with van der Waals surface area (Å²) in [7, 11) is 0. The van der Waals surface area contributed by atoms with Crippen molar-refractivity contribution in [2.24, 2.45) is 0 Å². The van der Waals surface area contributed by atoms with Crippen LogP contribution in [-0.2, 0) is 11.3 Å². The van der Waals surface area contributed by atoms with E-state index in [1.165, 1.54) is 22.8 Å². The van der Waals surface area contributed by atoms with E-state index in [1.807, 2.05) is 0 Å². The number of carboxylic acid groups (broad SMARTS) is 1. The second-order valence-corrected chi connectivity index (χ2v) is 5.94. The van der Waals surface area contributed by atoms with Crippen LogP contribution in [0.5, 0.6) is 0 Å². The van der Waals surface area contributed by atoms with Crippen LogP contribution in [0.25, 0.3) is 23.1 Å². The highest BCUT2D eigenvalue weighted by molar-refractivity contribution is 5.79. The molecule has 2 aromatic carbocycles. The lowest BCUT2D eigenvalue weighted by atomic mass is 10.2. The number of carbonyl (C=O) groups is 1. The fraction of sp³-hybridized carbons (Fsp3) is 0.150. The lowest BCUT2D eigenvalue weighted by molar-refractivity contribution is -0.137. The fourth-order valence-electron chi connectivity index (χ4n) is 2.72. The Kier molecular flexibility index (Phi) is 5.40. The lowest BCUT2D eigenvalue weighted by Gasteiger charge is -2.10. The number of benzene rings is 2. The minimum absolute atomic E-state index is 0.0883. The summed E-state index contributed by atoms with van der Waals surface area (Å²) in [5.74, 6) is -2.10. The van der Waals surface area contributed by atoms with E-state index in [1.54, 1.807) is 24.3 Å². The molecule has 0 radical (unpaired) electrons. The fourth-order valence-corrected chi connectivity index (χ4v) is 2.72. The van der Waals surface area contributed by atoms with Crippen molar-refractivity contribution in [2.45, 2.75) is 19.4 Å². The summed E-state index contributed by atoms with van der Waals surface area (Å²) in [4.78, 5) is 28.0. The number of fused-ring (bicyclic) bond motifs is 1. The Morgan fingerprint density at radius 2 is 1.93 bits per heavy atom. The molecule has 27 heavy (non-hydrogen) atoms. The quantitative estimate of drug-likeness (QED) is 0.718. The molecule has 0 spiro atoms. The molecule has 0 saturated carbocycles. The van der Waals surface area contributed by atoms with E-state index in [0.29, 0.717) is 10.9 Å². The van der Waals surface area contributed by atoms with Crippen LogP contribution in [0.2, 0.25) is 0 Å². The third-order valence-electron chi connectivity index (χ3n) is 4.04. The molecule has 1 aromatic heterocycles. The zero-order valence-corrected chi connectivity index (χ0v) is 14.2. The van der Waals surface area contributed by atoms with Gasteiger partial charge in [-0.1, -0.05) is 12.1 Å². The van der Waals surface area contributed by atoms with Crippen LogP contribution < -0.4 is 5.56 Å². The molecule has 7 heteroatoms. The Morgan fingerprint density at radius 3 is 2.67 bits per heavy atom. The van der Waals surface area contributed by atoms with Crippen molar-refractivity contribution in [3.05, 3.63) is 75.8 Å². The van der Waals surface area contributed by atoms with Gasteiger partial charge in [0.05, 0.1) is 10.9 Å². The Morgan fingerprint density at radius 1 is 1.15 bits per heavy atom. The first-order valence-electron chi connectivity index (χ1n) is 8.30. The van der Waals surface area contributed by atoms with Crippen molar-refractivity contribution in [2.75, 3.05) is 0 Å². The van der Waals surface area contributed by atoms with Gasteiger partial charge in [-0.2, -0.15) is 0 Å². The normalized spacial score (nSPS) is 11.3. The molecule has 0 aliphatic rings. The van der Waals surface area contributed by atoms with Gasteiger partial charge in [0.2, 0.25) is 0 Å². The van der Waals surface area contributed by atoms with Gasteiger partial charge in [-0.05, 0) is 42.8 Å². The molecular formula is C20H16F2N2O3. The summed E-state index contributed by atoms with van der Waals surface area (Å²) in [6.07, 6.45) is 3.03. The summed E-state index contributed by atoms with van der Waals surface area (Å²) >= 11 is 0. The van der Waals surface area contributed by atoms with E-state index in [9.17, 15) is 18.4 Å². The molecule has 0 bridgehead atoms.